The van der Waals surface area contributed by atoms with Crippen molar-refractivity contribution in [3.05, 3.63) is 89.5 Å². The van der Waals surface area contributed by atoms with Crippen LogP contribution in [0.5, 0.6) is 17.2 Å². The summed E-state index contributed by atoms with van der Waals surface area (Å²) in [6, 6.07) is 20.3. The number of aryl methyl sites for hydroxylation is 3. The van der Waals surface area contributed by atoms with Crippen LogP contribution in [0.1, 0.15) is 16.7 Å². The van der Waals surface area contributed by atoms with Gasteiger partial charge >= 0.3 is 17.9 Å². The summed E-state index contributed by atoms with van der Waals surface area (Å²) < 4.78 is 16.0. The molecule has 6 nitrogen and oxygen atoms in total. The smallest absolute Gasteiger partial charge is 0.337 e. The molecule has 0 saturated heterocycles. The van der Waals surface area contributed by atoms with Gasteiger partial charge in [-0.1, -0.05) is 54.6 Å². The van der Waals surface area contributed by atoms with Gasteiger partial charge in [0, 0.05) is 0 Å². The van der Waals surface area contributed by atoms with E-state index in [1.807, 2.05) is 0 Å². The van der Waals surface area contributed by atoms with Crippen molar-refractivity contribution in [1.29, 1.82) is 0 Å². The maximum absolute atomic E-state index is 12.9. The first kappa shape index (κ1) is 21.8. The van der Waals surface area contributed by atoms with Crippen molar-refractivity contribution < 1.29 is 28.6 Å². The lowest BCUT2D eigenvalue weighted by Crippen LogP contribution is -2.40. The molecule has 0 spiro atoms. The molecule has 0 bridgehead atoms. The lowest BCUT2D eigenvalue weighted by molar-refractivity contribution is -0.160. The van der Waals surface area contributed by atoms with Crippen molar-refractivity contribution in [3.63, 3.8) is 0 Å². The molecular formula is C25H22O6. The fraction of sp³-hybridized carbons (Fsp3) is 0.160. The molecule has 0 unspecified atom stereocenters. The van der Waals surface area contributed by atoms with E-state index in [2.05, 4.69) is 0 Å². The van der Waals surface area contributed by atoms with Crippen molar-refractivity contribution in [2.24, 2.45) is 5.92 Å². The number of carbonyl (C=O) groups excluding carboxylic acids is 3. The molecular weight excluding hydrogens is 396 g/mol. The van der Waals surface area contributed by atoms with Crippen LogP contribution in [0.4, 0.5) is 0 Å². The Labute approximate surface area is 180 Å². The third-order valence-electron chi connectivity index (χ3n) is 4.62. The lowest BCUT2D eigenvalue weighted by Gasteiger charge is -2.16. The minimum absolute atomic E-state index is 0.241. The summed E-state index contributed by atoms with van der Waals surface area (Å²) in [5.41, 5.74) is 2.03. The van der Waals surface area contributed by atoms with Crippen molar-refractivity contribution in [1.82, 2.24) is 0 Å². The van der Waals surface area contributed by atoms with Crippen molar-refractivity contribution in [2.75, 3.05) is 0 Å². The van der Waals surface area contributed by atoms with Crippen LogP contribution in [0.25, 0.3) is 0 Å². The highest BCUT2D eigenvalue weighted by Crippen LogP contribution is 2.23. The third kappa shape index (κ3) is 5.36. The molecule has 3 aromatic carbocycles. The van der Waals surface area contributed by atoms with Gasteiger partial charge in [0.1, 0.15) is 17.2 Å². The molecule has 0 aliphatic rings. The van der Waals surface area contributed by atoms with Gasteiger partial charge in [0.25, 0.3) is 5.92 Å². The Morgan fingerprint density at radius 3 is 1.03 bits per heavy atom. The maximum atomic E-state index is 12.9. The summed E-state index contributed by atoms with van der Waals surface area (Å²) in [6.45, 7) is 5.23. The molecule has 0 radical (unpaired) electrons. The van der Waals surface area contributed by atoms with Gasteiger partial charge in [-0.15, -0.1) is 0 Å². The van der Waals surface area contributed by atoms with Gasteiger partial charge in [0.05, 0.1) is 0 Å². The van der Waals surface area contributed by atoms with E-state index >= 15 is 0 Å². The summed E-state index contributed by atoms with van der Waals surface area (Å²) in [6.07, 6.45) is 0. The molecule has 31 heavy (non-hydrogen) atoms. The summed E-state index contributed by atoms with van der Waals surface area (Å²) in [7, 11) is 0. The number of hydrogen-bond acceptors (Lipinski definition) is 6. The quantitative estimate of drug-likeness (QED) is 0.337. The van der Waals surface area contributed by atoms with Crippen LogP contribution < -0.4 is 14.2 Å². The van der Waals surface area contributed by atoms with Crippen LogP contribution in [-0.4, -0.2) is 17.9 Å². The van der Waals surface area contributed by atoms with Crippen molar-refractivity contribution >= 4 is 17.9 Å². The Morgan fingerprint density at radius 1 is 0.516 bits per heavy atom. The highest BCUT2D eigenvalue weighted by atomic mass is 16.6. The zero-order valence-electron chi connectivity index (χ0n) is 17.5. The predicted octanol–water partition coefficient (Wildman–Crippen LogP) is 4.34. The van der Waals surface area contributed by atoms with Crippen LogP contribution in [0.2, 0.25) is 0 Å². The van der Waals surface area contributed by atoms with E-state index in [0.29, 0.717) is 16.7 Å². The molecule has 0 amide bonds. The lowest BCUT2D eigenvalue weighted by atomic mass is 10.1. The molecule has 3 aromatic rings. The van der Waals surface area contributed by atoms with Crippen LogP contribution in [0.3, 0.4) is 0 Å². The number of para-hydroxylation sites is 3. The Bertz CT molecular complexity index is 977. The molecule has 0 aromatic heterocycles. The molecule has 158 valence electrons. The standard InChI is InChI=1S/C25H22O6/c1-16-10-4-7-13-19(16)29-23(26)22(24(27)30-20-14-8-5-11-17(20)2)25(28)31-21-15-9-6-12-18(21)3/h4-15,22H,1-3H3. The predicted molar refractivity (Wildman–Crippen MR) is 114 cm³/mol. The molecule has 0 heterocycles. The van der Waals surface area contributed by atoms with E-state index in [9.17, 15) is 14.4 Å². The van der Waals surface area contributed by atoms with E-state index in [-0.39, 0.29) is 17.2 Å². The normalized spacial score (nSPS) is 10.5. The van der Waals surface area contributed by atoms with Crippen LogP contribution in [0.15, 0.2) is 72.8 Å². The van der Waals surface area contributed by atoms with Crippen LogP contribution in [-0.2, 0) is 14.4 Å². The van der Waals surface area contributed by atoms with Crippen molar-refractivity contribution in [2.45, 2.75) is 20.8 Å². The third-order valence-corrected chi connectivity index (χ3v) is 4.62. The second kappa shape index (κ2) is 9.71. The molecule has 0 saturated carbocycles. The zero-order valence-corrected chi connectivity index (χ0v) is 17.5. The first-order valence-electron chi connectivity index (χ1n) is 9.69. The maximum Gasteiger partial charge on any atom is 0.337 e. The molecule has 0 aliphatic heterocycles. The van der Waals surface area contributed by atoms with Gasteiger partial charge in [-0.2, -0.15) is 0 Å². The van der Waals surface area contributed by atoms with Gasteiger partial charge in [-0.25, -0.2) is 0 Å². The van der Waals surface area contributed by atoms with E-state index in [1.165, 1.54) is 0 Å². The number of ether oxygens (including phenoxy) is 3. The largest absolute Gasteiger partial charge is 0.425 e. The number of hydrogen-bond donors (Lipinski definition) is 0. The first-order chi connectivity index (χ1) is 14.9. The second-order valence-corrected chi connectivity index (χ2v) is 6.99. The summed E-state index contributed by atoms with van der Waals surface area (Å²) in [5, 5.41) is 0. The van der Waals surface area contributed by atoms with Gasteiger partial charge in [0.15, 0.2) is 0 Å². The van der Waals surface area contributed by atoms with Gasteiger partial charge in [-0.05, 0) is 55.7 Å². The van der Waals surface area contributed by atoms with E-state index in [0.717, 1.165) is 0 Å². The minimum Gasteiger partial charge on any atom is -0.425 e. The Morgan fingerprint density at radius 2 is 0.774 bits per heavy atom. The summed E-state index contributed by atoms with van der Waals surface area (Å²) >= 11 is 0. The molecule has 0 N–H and O–H groups in total. The molecule has 6 heteroatoms. The highest BCUT2D eigenvalue weighted by Gasteiger charge is 2.40. The van der Waals surface area contributed by atoms with Gasteiger partial charge in [-0.3, -0.25) is 14.4 Å². The number of esters is 3. The molecule has 0 fully saturated rings. The number of benzene rings is 3. The topological polar surface area (TPSA) is 78.9 Å². The zero-order chi connectivity index (χ0) is 22.4. The van der Waals surface area contributed by atoms with Gasteiger partial charge in [0.2, 0.25) is 0 Å². The fourth-order valence-corrected chi connectivity index (χ4v) is 2.80. The summed E-state index contributed by atoms with van der Waals surface area (Å²) in [5.74, 6) is -4.43. The fourth-order valence-electron chi connectivity index (χ4n) is 2.80. The minimum atomic E-state index is -1.92. The van der Waals surface area contributed by atoms with Crippen LogP contribution in [0, 0.1) is 26.7 Å². The first-order valence-corrected chi connectivity index (χ1v) is 9.69. The van der Waals surface area contributed by atoms with E-state index in [1.54, 1.807) is 93.6 Å². The molecule has 0 atom stereocenters. The SMILES string of the molecule is Cc1ccccc1OC(=O)C(C(=O)Oc1ccccc1C)C(=O)Oc1ccccc1C. The van der Waals surface area contributed by atoms with Gasteiger partial charge < -0.3 is 14.2 Å². The van der Waals surface area contributed by atoms with E-state index in [4.69, 9.17) is 14.2 Å². The highest BCUT2D eigenvalue weighted by molar-refractivity contribution is 6.14. The Kier molecular flexibility index (Phi) is 6.82. The Hall–Kier alpha value is -3.93. The van der Waals surface area contributed by atoms with Crippen molar-refractivity contribution in [3.8, 4) is 17.2 Å². The average Bonchev–Trinajstić information content (AvgIpc) is 2.73. The number of carbonyl (C=O) groups is 3. The summed E-state index contributed by atoms with van der Waals surface area (Å²) in [4.78, 5) is 38.6. The molecule has 0 aliphatic carbocycles. The average molecular weight is 418 g/mol. The second-order valence-electron chi connectivity index (χ2n) is 6.99. The van der Waals surface area contributed by atoms with E-state index < -0.39 is 23.8 Å². The monoisotopic (exact) mass is 418 g/mol. The molecule has 3 rings (SSSR count). The number of rotatable bonds is 6. The van der Waals surface area contributed by atoms with Crippen LogP contribution >= 0.6 is 0 Å². The Balaban J connectivity index is 1.88.